The molecule has 0 amide bonds. The van der Waals surface area contributed by atoms with E-state index in [9.17, 15) is 50.8 Å². The zero-order valence-corrected chi connectivity index (χ0v) is 30.3. The largest absolute Gasteiger partial charge is 0.508 e. The SMILES string of the molecule is [NH2+]=C1C=CC([C@@H](O)[C@H](CO)Oc2ccc(C3C=C(O)c4c(cc(O[C@@H]5O[C@H](C(=O)O)[C@](O)(CC6=NC=NC6)[C@@H](O)[C@H]5O)c(OCc5cccc(O)c5)c4O)O3)cc2)=N1. The first-order valence-corrected chi connectivity index (χ1v) is 17.8. The van der Waals surface area contributed by atoms with Crippen molar-refractivity contribution in [2.75, 3.05) is 13.2 Å². The minimum atomic E-state index is -2.56. The van der Waals surface area contributed by atoms with Crippen LogP contribution in [0.3, 0.4) is 0 Å². The molecule has 1 unspecified atom stereocenters. The second-order valence-corrected chi connectivity index (χ2v) is 13.7. The molecule has 4 heterocycles. The van der Waals surface area contributed by atoms with Gasteiger partial charge in [0, 0.05) is 30.4 Å². The molecule has 0 spiro atoms. The van der Waals surface area contributed by atoms with Gasteiger partial charge in [0.1, 0.15) is 65.4 Å². The molecule has 304 valence electrons. The molecular weight excluding hydrogens is 764 g/mol. The Bertz CT molecular complexity index is 2240. The van der Waals surface area contributed by atoms with E-state index in [2.05, 4.69) is 15.0 Å². The fraction of sp³-hybridized carbons (Fsp3) is 0.308. The van der Waals surface area contributed by atoms with Crippen LogP contribution < -0.4 is 24.4 Å². The molecule has 1 fully saturated rings. The van der Waals surface area contributed by atoms with Crippen molar-refractivity contribution in [2.24, 2.45) is 15.0 Å². The van der Waals surface area contributed by atoms with E-state index < -0.39 is 90.5 Å². The zero-order valence-electron chi connectivity index (χ0n) is 30.3. The van der Waals surface area contributed by atoms with Crippen LogP contribution in [-0.2, 0) is 16.1 Å². The van der Waals surface area contributed by atoms with Crippen molar-refractivity contribution in [1.29, 1.82) is 0 Å². The van der Waals surface area contributed by atoms with E-state index in [1.165, 1.54) is 54.9 Å². The number of phenolic OH excluding ortho intramolecular Hbond substituents is 2. The van der Waals surface area contributed by atoms with E-state index >= 15 is 0 Å². The van der Waals surface area contributed by atoms with Gasteiger partial charge in [-0.1, -0.05) is 24.3 Å². The molecule has 0 saturated carbocycles. The van der Waals surface area contributed by atoms with Crippen LogP contribution in [0.15, 0.2) is 87.8 Å². The van der Waals surface area contributed by atoms with Crippen LogP contribution >= 0.6 is 0 Å². The van der Waals surface area contributed by atoms with Gasteiger partial charge in [-0.25, -0.2) is 9.79 Å². The number of nitrogens with zero attached hydrogens (tertiary/aromatic N) is 3. The lowest BCUT2D eigenvalue weighted by Gasteiger charge is -2.46. The number of fused-ring (bicyclic) bond motifs is 1. The zero-order chi connectivity index (χ0) is 41.3. The second-order valence-electron chi connectivity index (χ2n) is 13.7. The Hall–Kier alpha value is -6.35. The summed E-state index contributed by atoms with van der Waals surface area (Å²) >= 11 is 0. The Kier molecular flexibility index (Phi) is 11.2. The minimum absolute atomic E-state index is 0.0318. The molecule has 4 aliphatic rings. The molecule has 0 aromatic heterocycles. The summed E-state index contributed by atoms with van der Waals surface area (Å²) in [6.45, 7) is -0.791. The van der Waals surface area contributed by atoms with E-state index in [1.54, 1.807) is 24.3 Å². The highest BCUT2D eigenvalue weighted by atomic mass is 16.7. The van der Waals surface area contributed by atoms with Crippen molar-refractivity contribution in [3.05, 3.63) is 89.5 Å². The molecular formula is C39H39N4O15+. The normalized spacial score (nSPS) is 25.8. The van der Waals surface area contributed by atoms with Gasteiger partial charge in [0.15, 0.2) is 35.5 Å². The predicted molar refractivity (Wildman–Crippen MR) is 201 cm³/mol. The second kappa shape index (κ2) is 16.3. The van der Waals surface area contributed by atoms with Crippen molar-refractivity contribution in [3.63, 3.8) is 0 Å². The molecule has 0 radical (unpaired) electrons. The van der Waals surface area contributed by atoms with Crippen LogP contribution in [0, 0.1) is 0 Å². The molecule has 4 aliphatic heterocycles. The summed E-state index contributed by atoms with van der Waals surface area (Å²) in [5.41, 5.74) is -1.42. The number of aromatic hydroxyl groups is 2. The van der Waals surface area contributed by atoms with Crippen LogP contribution in [0.1, 0.15) is 29.2 Å². The molecule has 58 heavy (non-hydrogen) atoms. The smallest absolute Gasteiger partial charge is 0.336 e. The number of nitrogens with two attached hydrogens (primary N) is 1. The van der Waals surface area contributed by atoms with Gasteiger partial charge in [-0.05, 0) is 46.5 Å². The molecule has 11 N–H and O–H groups in total. The molecule has 3 aromatic carbocycles. The highest BCUT2D eigenvalue weighted by molar-refractivity contribution is 6.15. The number of aliphatic hydroxyl groups is 6. The molecule has 3 aromatic rings. The number of ether oxygens (including phenoxy) is 5. The molecule has 19 nitrogen and oxygen atoms in total. The predicted octanol–water partition coefficient (Wildman–Crippen LogP) is -0.507. The van der Waals surface area contributed by atoms with Crippen molar-refractivity contribution in [1.82, 2.24) is 0 Å². The number of benzene rings is 3. The highest BCUT2D eigenvalue weighted by Crippen LogP contribution is 2.51. The number of hydrogen-bond donors (Lipinski definition) is 10. The number of carboxylic acid groups (broad SMARTS) is 1. The van der Waals surface area contributed by atoms with Gasteiger partial charge in [0.2, 0.25) is 12.0 Å². The van der Waals surface area contributed by atoms with Gasteiger partial charge >= 0.3 is 11.8 Å². The average molecular weight is 804 g/mol. The van der Waals surface area contributed by atoms with Crippen molar-refractivity contribution in [2.45, 2.75) is 61.5 Å². The molecule has 8 atom stereocenters. The van der Waals surface area contributed by atoms with Gasteiger partial charge in [0.05, 0.1) is 13.2 Å². The third-order valence-corrected chi connectivity index (χ3v) is 9.70. The first kappa shape index (κ1) is 39.9. The Morgan fingerprint density at radius 1 is 1.07 bits per heavy atom. The van der Waals surface area contributed by atoms with E-state index in [0.717, 1.165) is 0 Å². The van der Waals surface area contributed by atoms with Gasteiger partial charge < -0.3 is 69.6 Å². The lowest BCUT2D eigenvalue weighted by molar-refractivity contribution is -0.303. The Balaban J connectivity index is 1.17. The number of carbonyl (C=O) groups is 1. The van der Waals surface area contributed by atoms with E-state index in [4.69, 9.17) is 29.1 Å². The van der Waals surface area contributed by atoms with Gasteiger partial charge in [-0.2, -0.15) is 0 Å². The third kappa shape index (κ3) is 7.94. The highest BCUT2D eigenvalue weighted by Gasteiger charge is 2.59. The molecule has 19 heteroatoms. The Labute approximate surface area is 328 Å². The van der Waals surface area contributed by atoms with Crippen molar-refractivity contribution < 1.29 is 79.8 Å². The fourth-order valence-electron chi connectivity index (χ4n) is 6.76. The maximum atomic E-state index is 12.4. The van der Waals surface area contributed by atoms with Crippen LogP contribution in [-0.4, -0.2) is 131 Å². The summed E-state index contributed by atoms with van der Waals surface area (Å²) < 4.78 is 29.4. The van der Waals surface area contributed by atoms with Crippen molar-refractivity contribution in [3.8, 4) is 34.5 Å². The molecule has 7 rings (SSSR count). The molecule has 1 saturated heterocycles. The number of carboxylic acids is 1. The minimum Gasteiger partial charge on any atom is -0.508 e. The lowest BCUT2D eigenvalue weighted by Crippen LogP contribution is -2.69. The van der Waals surface area contributed by atoms with Gasteiger partial charge in [-0.3, -0.25) is 10.4 Å². The van der Waals surface area contributed by atoms with Crippen LogP contribution in [0.2, 0.25) is 0 Å². The third-order valence-electron chi connectivity index (χ3n) is 9.70. The quantitative estimate of drug-likeness (QED) is 0.0982. The standard InChI is InChI=1S/C39H38N4O15/c40-29-9-8-23(43-29)31(47)28(15-44)55-22-6-4-19(5-7-22)25-11-24(46)30-26(56-25)12-27(34(32(30)48)54-16-18-2-1-3-21(45)10-18)57-38-33(49)35(50)39(53,36(58-38)37(51)52)13-20-14-41-17-42-20/h1-12,17,25,28,31,33,35-36,38,40,44-50,53H,13-16H2,(H,51,52)/p+1/t25?,28-,31+,33+,35-,36+,38+,39-/m0/s1. The monoisotopic (exact) mass is 803 g/mol. The number of rotatable bonds is 14. The first-order valence-electron chi connectivity index (χ1n) is 17.8. The van der Waals surface area contributed by atoms with E-state index in [-0.39, 0.29) is 53.2 Å². The lowest BCUT2D eigenvalue weighted by atomic mass is 9.80. The number of aliphatic imine (C=N–C) groups is 3. The summed E-state index contributed by atoms with van der Waals surface area (Å²) in [6, 6.07) is 13.4. The number of amidine groups is 1. The maximum absolute atomic E-state index is 12.4. The maximum Gasteiger partial charge on any atom is 0.336 e. The summed E-state index contributed by atoms with van der Waals surface area (Å²) in [5.74, 6) is -3.44. The number of hydrogen-bond acceptors (Lipinski definition) is 16. The summed E-state index contributed by atoms with van der Waals surface area (Å²) in [6.07, 6.45) is -6.72. The van der Waals surface area contributed by atoms with Crippen LogP contribution in [0.25, 0.3) is 5.76 Å². The topological polar surface area (TPSA) is 308 Å². The van der Waals surface area contributed by atoms with Gasteiger partial charge in [-0.15, -0.1) is 0 Å². The Morgan fingerprint density at radius 2 is 1.84 bits per heavy atom. The number of aliphatic carboxylic acids is 1. The number of aliphatic hydroxyl groups excluding tert-OH is 5. The number of phenols is 2. The van der Waals surface area contributed by atoms with E-state index in [1.807, 2.05) is 0 Å². The first-order chi connectivity index (χ1) is 27.7. The van der Waals surface area contributed by atoms with Crippen molar-refractivity contribution >= 4 is 35.3 Å². The van der Waals surface area contributed by atoms with E-state index in [0.29, 0.717) is 11.1 Å². The molecule has 0 bridgehead atoms. The summed E-state index contributed by atoms with van der Waals surface area (Å²) in [5, 5.41) is 103. The van der Waals surface area contributed by atoms with Crippen LogP contribution in [0.5, 0.6) is 34.5 Å². The summed E-state index contributed by atoms with van der Waals surface area (Å²) in [4.78, 5) is 24.3. The average Bonchev–Trinajstić information content (AvgIpc) is 3.88. The Morgan fingerprint density at radius 3 is 2.50 bits per heavy atom. The summed E-state index contributed by atoms with van der Waals surface area (Å²) in [7, 11) is 0. The molecule has 0 aliphatic carbocycles. The fourth-order valence-corrected chi connectivity index (χ4v) is 6.76. The van der Waals surface area contributed by atoms with Gasteiger partial charge in [0.25, 0.3) is 0 Å². The van der Waals surface area contributed by atoms with Crippen LogP contribution in [0.4, 0.5) is 0 Å².